The molecule has 3 heterocycles. The smallest absolute Gasteiger partial charge is 0.164 e. The fourth-order valence-electron chi connectivity index (χ4n) is 8.92. The van der Waals surface area contributed by atoms with Crippen molar-refractivity contribution in [3.05, 3.63) is 198 Å². The van der Waals surface area contributed by atoms with E-state index in [0.717, 1.165) is 40.1 Å². The molecule has 0 fully saturated rings. The van der Waals surface area contributed by atoms with Gasteiger partial charge in [-0.05, 0) is 96.2 Å². The van der Waals surface area contributed by atoms with Gasteiger partial charge in [0.25, 0.3) is 0 Å². The van der Waals surface area contributed by atoms with Crippen molar-refractivity contribution in [3.8, 4) is 34.5 Å². The minimum Gasteiger partial charge on any atom is -0.333 e. The highest BCUT2D eigenvalue weighted by Gasteiger charge is 2.37. The number of para-hydroxylation sites is 3. The molecule has 274 valence electrons. The molecule has 0 N–H and O–H groups in total. The second kappa shape index (κ2) is 13.8. The van der Waals surface area contributed by atoms with Crippen molar-refractivity contribution in [1.29, 1.82) is 5.26 Å². The summed E-state index contributed by atoms with van der Waals surface area (Å²) in [5.41, 5.74) is 14.6. The second-order valence-electron chi connectivity index (χ2n) is 15.1. The number of hydrogen-bond acceptors (Lipinski definition) is 5. The van der Waals surface area contributed by atoms with Gasteiger partial charge in [0.05, 0.1) is 23.1 Å². The molecule has 1 aliphatic heterocycles. The molecule has 0 bridgehead atoms. The summed E-state index contributed by atoms with van der Waals surface area (Å²) in [5.74, 6) is 1.90. The zero-order chi connectivity index (χ0) is 38.6. The lowest BCUT2D eigenvalue weighted by molar-refractivity contribution is 0.841. The largest absolute Gasteiger partial charge is 0.333 e. The monoisotopic (exact) mass is 744 g/mol. The van der Waals surface area contributed by atoms with E-state index >= 15 is 0 Å². The first-order valence-electron chi connectivity index (χ1n) is 19.8. The summed E-state index contributed by atoms with van der Waals surface area (Å²) in [5, 5.41) is 12.0. The molecule has 0 spiro atoms. The van der Waals surface area contributed by atoms with Gasteiger partial charge in [0.15, 0.2) is 17.5 Å². The van der Waals surface area contributed by atoms with E-state index in [-0.39, 0.29) is 6.04 Å². The maximum atomic E-state index is 9.47. The lowest BCUT2D eigenvalue weighted by atomic mass is 9.87. The number of anilines is 2. The third-order valence-corrected chi connectivity index (χ3v) is 11.7. The van der Waals surface area contributed by atoms with E-state index in [1.807, 2.05) is 42.5 Å². The lowest BCUT2D eigenvalue weighted by Gasteiger charge is -2.31. The Morgan fingerprint density at radius 1 is 0.517 bits per heavy atom. The van der Waals surface area contributed by atoms with Gasteiger partial charge in [0.2, 0.25) is 0 Å². The number of hydrogen-bond donors (Lipinski definition) is 0. The predicted molar refractivity (Wildman–Crippen MR) is 235 cm³/mol. The molecule has 0 amide bonds. The average molecular weight is 745 g/mol. The van der Waals surface area contributed by atoms with Crippen LogP contribution in [0.1, 0.15) is 36.2 Å². The topological polar surface area (TPSA) is 70.6 Å². The molecule has 3 aliphatic rings. The highest BCUT2D eigenvalue weighted by molar-refractivity contribution is 6.10. The molecule has 1 unspecified atom stereocenters. The van der Waals surface area contributed by atoms with Gasteiger partial charge in [-0.1, -0.05) is 121 Å². The normalized spacial score (nSPS) is 15.9. The number of rotatable bonds is 6. The van der Waals surface area contributed by atoms with Crippen molar-refractivity contribution in [1.82, 2.24) is 19.5 Å². The molecule has 6 nitrogen and oxygen atoms in total. The molecule has 0 saturated heterocycles. The first kappa shape index (κ1) is 33.7. The highest BCUT2D eigenvalue weighted by atomic mass is 15.2. The van der Waals surface area contributed by atoms with Crippen LogP contribution in [0.5, 0.6) is 0 Å². The third-order valence-electron chi connectivity index (χ3n) is 11.7. The van der Waals surface area contributed by atoms with Crippen molar-refractivity contribution in [2.45, 2.75) is 25.3 Å². The van der Waals surface area contributed by atoms with Gasteiger partial charge in [0, 0.05) is 50.1 Å². The first-order chi connectivity index (χ1) is 28.7. The summed E-state index contributed by atoms with van der Waals surface area (Å²) in [6.45, 7) is 0. The van der Waals surface area contributed by atoms with E-state index in [4.69, 9.17) is 15.0 Å². The van der Waals surface area contributed by atoms with Gasteiger partial charge in [0.1, 0.15) is 0 Å². The Morgan fingerprint density at radius 3 is 2.03 bits per heavy atom. The van der Waals surface area contributed by atoms with Gasteiger partial charge >= 0.3 is 0 Å². The molecule has 1 atom stereocenters. The van der Waals surface area contributed by atoms with Crippen LogP contribution in [-0.2, 0) is 0 Å². The average Bonchev–Trinajstić information content (AvgIpc) is 3.82. The number of nitriles is 1. The quantitative estimate of drug-likeness (QED) is 0.170. The molecule has 0 saturated carbocycles. The van der Waals surface area contributed by atoms with Crippen molar-refractivity contribution >= 4 is 49.9 Å². The SMILES string of the molecule is N#CC1=CC=C(c2nc(-c3ccccc3)nc(-c3cccc(N4c5ccccc5C5=CC=C(c6ccc7c(c6)c6ccccc6n7-c6ccccc6)CC54)c3)n2)CC1. The Balaban J connectivity index is 0.987. The minimum absolute atomic E-state index is 0.108. The maximum absolute atomic E-state index is 9.47. The van der Waals surface area contributed by atoms with Gasteiger partial charge in [-0.25, -0.2) is 15.0 Å². The van der Waals surface area contributed by atoms with Crippen molar-refractivity contribution in [2.24, 2.45) is 0 Å². The van der Waals surface area contributed by atoms with Crippen LogP contribution in [0.3, 0.4) is 0 Å². The van der Waals surface area contributed by atoms with E-state index < -0.39 is 0 Å². The van der Waals surface area contributed by atoms with E-state index in [1.165, 1.54) is 49.8 Å². The lowest BCUT2D eigenvalue weighted by Crippen LogP contribution is -2.28. The van der Waals surface area contributed by atoms with Crippen LogP contribution in [0.15, 0.2) is 182 Å². The van der Waals surface area contributed by atoms with E-state index in [0.29, 0.717) is 30.3 Å². The van der Waals surface area contributed by atoms with Gasteiger partial charge < -0.3 is 9.47 Å². The summed E-state index contributed by atoms with van der Waals surface area (Å²) in [4.78, 5) is 17.6. The molecule has 0 radical (unpaired) electrons. The summed E-state index contributed by atoms with van der Waals surface area (Å²) >= 11 is 0. The Labute approximate surface area is 336 Å². The molecular formula is C52H36N6. The Bertz CT molecular complexity index is 3110. The molecule has 8 aromatic rings. The summed E-state index contributed by atoms with van der Waals surface area (Å²) in [6.07, 6.45) is 10.8. The first-order valence-corrected chi connectivity index (χ1v) is 19.8. The number of nitrogens with zero attached hydrogens (tertiary/aromatic N) is 6. The molecule has 2 aliphatic carbocycles. The van der Waals surface area contributed by atoms with Gasteiger partial charge in [-0.3, -0.25) is 0 Å². The predicted octanol–water partition coefficient (Wildman–Crippen LogP) is 12.3. The number of aromatic nitrogens is 4. The molecule has 2 aromatic heterocycles. The van der Waals surface area contributed by atoms with Crippen LogP contribution in [0, 0.1) is 11.3 Å². The molecule has 58 heavy (non-hydrogen) atoms. The van der Waals surface area contributed by atoms with Crippen molar-refractivity contribution in [3.63, 3.8) is 0 Å². The molecule has 11 rings (SSSR count). The molecule has 6 aromatic carbocycles. The van der Waals surface area contributed by atoms with Gasteiger partial charge in [-0.2, -0.15) is 5.26 Å². The Kier molecular flexibility index (Phi) is 8.04. The third kappa shape index (κ3) is 5.67. The Morgan fingerprint density at radius 2 is 1.21 bits per heavy atom. The van der Waals surface area contributed by atoms with Crippen molar-refractivity contribution < 1.29 is 0 Å². The number of benzene rings is 6. The van der Waals surface area contributed by atoms with Gasteiger partial charge in [-0.15, -0.1) is 0 Å². The molecule has 6 heteroatoms. The standard InChI is InChI=1S/C52H36N6/c53-33-34-22-24-36(25-23-34)51-54-50(35-12-3-1-4-13-35)55-52(56-51)39-14-11-17-41(30-39)58-46-20-9-7-18-42(46)44-28-26-38(32-49(44)58)37-27-29-48-45(31-37)43-19-8-10-21-47(43)57(48)40-15-5-2-6-16-40/h1-22,24,26-31,49H,23,25,32H2. The van der Waals surface area contributed by atoms with Crippen LogP contribution in [0.25, 0.3) is 67.0 Å². The van der Waals surface area contributed by atoms with E-state index in [9.17, 15) is 5.26 Å². The van der Waals surface area contributed by atoms with Crippen LogP contribution < -0.4 is 4.90 Å². The summed E-state index contributed by atoms with van der Waals surface area (Å²) in [6, 6.07) is 56.2. The zero-order valence-electron chi connectivity index (χ0n) is 31.6. The maximum Gasteiger partial charge on any atom is 0.164 e. The number of fused-ring (bicyclic) bond motifs is 6. The fraction of sp³-hybridized carbons (Fsp3) is 0.0769. The fourth-order valence-corrected chi connectivity index (χ4v) is 8.92. The minimum atomic E-state index is 0.108. The van der Waals surface area contributed by atoms with Crippen molar-refractivity contribution in [2.75, 3.05) is 4.90 Å². The summed E-state index contributed by atoms with van der Waals surface area (Å²) in [7, 11) is 0. The van der Waals surface area contributed by atoms with Crippen LogP contribution in [0.4, 0.5) is 11.4 Å². The highest BCUT2D eigenvalue weighted by Crippen LogP contribution is 2.50. The van der Waals surface area contributed by atoms with E-state index in [2.05, 4.69) is 149 Å². The van der Waals surface area contributed by atoms with Crippen LogP contribution >= 0.6 is 0 Å². The van der Waals surface area contributed by atoms with E-state index in [1.54, 1.807) is 0 Å². The molecular weight excluding hydrogens is 709 g/mol. The van der Waals surface area contributed by atoms with Crippen LogP contribution in [0.2, 0.25) is 0 Å². The summed E-state index contributed by atoms with van der Waals surface area (Å²) < 4.78 is 2.37. The number of allylic oxidation sites excluding steroid dienone is 6. The zero-order valence-corrected chi connectivity index (χ0v) is 31.6. The Hall–Kier alpha value is -7.62. The van der Waals surface area contributed by atoms with Crippen LogP contribution in [-0.4, -0.2) is 25.6 Å². The second-order valence-corrected chi connectivity index (χ2v) is 15.1.